The lowest BCUT2D eigenvalue weighted by atomic mass is 9.92. The molecule has 8 nitrogen and oxygen atoms in total. The topological polar surface area (TPSA) is 122 Å². The number of fused-ring (bicyclic) bond motifs is 1. The average Bonchev–Trinajstić information content (AvgIpc) is 3.55. The Labute approximate surface area is 171 Å². The van der Waals surface area contributed by atoms with Gasteiger partial charge in [-0.25, -0.2) is 9.18 Å². The van der Waals surface area contributed by atoms with E-state index in [1.165, 1.54) is 13.1 Å². The second kappa shape index (κ2) is 8.34. The minimum absolute atomic E-state index is 0.0240. The zero-order valence-electron chi connectivity index (χ0n) is 16.4. The number of nitriles is 2. The van der Waals surface area contributed by atoms with Crippen LogP contribution in [0.2, 0.25) is 0 Å². The lowest BCUT2D eigenvalue weighted by Gasteiger charge is -2.18. The first-order valence-electron chi connectivity index (χ1n) is 9.44. The van der Waals surface area contributed by atoms with Gasteiger partial charge in [-0.15, -0.1) is 0 Å². The second-order valence-electron chi connectivity index (χ2n) is 6.70. The van der Waals surface area contributed by atoms with Crippen molar-refractivity contribution in [3.63, 3.8) is 0 Å². The van der Waals surface area contributed by atoms with Gasteiger partial charge in [0.2, 0.25) is 5.43 Å². The summed E-state index contributed by atoms with van der Waals surface area (Å²) in [6.07, 6.45) is 2.77. The van der Waals surface area contributed by atoms with Gasteiger partial charge in [-0.3, -0.25) is 9.59 Å². The monoisotopic (exact) mass is 411 g/mol. The van der Waals surface area contributed by atoms with Crippen molar-refractivity contribution in [1.29, 1.82) is 10.5 Å². The van der Waals surface area contributed by atoms with Crippen LogP contribution in [0.25, 0.3) is 10.9 Å². The Morgan fingerprint density at radius 2 is 1.93 bits per heavy atom. The molecule has 1 atom stereocenters. The number of carbonyl (C=O) groups excluding carboxylic acids is 2. The number of hydrogen-bond acceptors (Lipinski definition) is 7. The number of pyridine rings is 1. The highest BCUT2D eigenvalue weighted by molar-refractivity contribution is 5.96. The highest BCUT2D eigenvalue weighted by Gasteiger charge is 2.34. The summed E-state index contributed by atoms with van der Waals surface area (Å²) in [6.45, 7) is 3.16. The van der Waals surface area contributed by atoms with Gasteiger partial charge in [0.25, 0.3) is 0 Å². The summed E-state index contributed by atoms with van der Waals surface area (Å²) in [5, 5.41) is 19.1. The fourth-order valence-electron chi connectivity index (χ4n) is 3.35. The summed E-state index contributed by atoms with van der Waals surface area (Å²) in [6, 6.07) is 4.28. The maximum Gasteiger partial charge on any atom is 0.343 e. The largest absolute Gasteiger partial charge is 0.465 e. The van der Waals surface area contributed by atoms with Crippen molar-refractivity contribution in [1.82, 2.24) is 4.57 Å². The van der Waals surface area contributed by atoms with E-state index in [1.807, 2.05) is 6.07 Å². The molecule has 1 aromatic heterocycles. The van der Waals surface area contributed by atoms with Crippen LogP contribution in [-0.2, 0) is 14.3 Å². The lowest BCUT2D eigenvalue weighted by molar-refractivity contribution is -0.143. The molecule has 1 aliphatic rings. The maximum absolute atomic E-state index is 15.0. The van der Waals surface area contributed by atoms with E-state index >= 15 is 4.39 Å². The molecule has 0 spiro atoms. The minimum Gasteiger partial charge on any atom is -0.465 e. The van der Waals surface area contributed by atoms with Crippen LogP contribution in [0, 0.1) is 28.5 Å². The third-order valence-electron chi connectivity index (χ3n) is 4.79. The van der Waals surface area contributed by atoms with Gasteiger partial charge in [0.15, 0.2) is 5.92 Å². The summed E-state index contributed by atoms with van der Waals surface area (Å²) in [4.78, 5) is 37.3. The minimum atomic E-state index is -1.67. The first kappa shape index (κ1) is 21.0. The van der Waals surface area contributed by atoms with Crippen molar-refractivity contribution >= 4 is 22.8 Å². The fourth-order valence-corrected chi connectivity index (χ4v) is 3.35. The highest BCUT2D eigenvalue weighted by atomic mass is 19.1. The molecular formula is C21H18FN3O5. The lowest BCUT2D eigenvalue weighted by Crippen LogP contribution is -2.23. The Kier molecular flexibility index (Phi) is 5.84. The van der Waals surface area contributed by atoms with Gasteiger partial charge in [0.05, 0.1) is 35.7 Å². The molecule has 3 rings (SSSR count). The molecule has 0 amide bonds. The van der Waals surface area contributed by atoms with E-state index in [9.17, 15) is 24.9 Å². The van der Waals surface area contributed by atoms with E-state index in [2.05, 4.69) is 0 Å². The van der Waals surface area contributed by atoms with Crippen LogP contribution in [0.1, 0.15) is 60.1 Å². The fraction of sp³-hybridized carbons (Fsp3) is 0.381. The Hall–Kier alpha value is -3.72. The van der Waals surface area contributed by atoms with Crippen LogP contribution < -0.4 is 5.43 Å². The van der Waals surface area contributed by atoms with Crippen molar-refractivity contribution in [2.75, 3.05) is 13.2 Å². The first-order valence-corrected chi connectivity index (χ1v) is 9.44. The maximum atomic E-state index is 15.0. The Morgan fingerprint density at radius 3 is 2.47 bits per heavy atom. The smallest absolute Gasteiger partial charge is 0.343 e. The van der Waals surface area contributed by atoms with Gasteiger partial charge in [-0.05, 0) is 32.8 Å². The summed E-state index contributed by atoms with van der Waals surface area (Å²) >= 11 is 0. The predicted molar refractivity (Wildman–Crippen MR) is 102 cm³/mol. The average molecular weight is 411 g/mol. The molecule has 9 heteroatoms. The molecule has 1 aromatic carbocycles. The highest BCUT2D eigenvalue weighted by Crippen LogP contribution is 2.39. The molecule has 1 unspecified atom stereocenters. The summed E-state index contributed by atoms with van der Waals surface area (Å²) in [7, 11) is 0. The van der Waals surface area contributed by atoms with Gasteiger partial charge in [-0.2, -0.15) is 10.5 Å². The van der Waals surface area contributed by atoms with Gasteiger partial charge in [0, 0.05) is 17.8 Å². The normalized spacial score (nSPS) is 13.9. The molecule has 1 heterocycles. The number of ether oxygens (including phenoxy) is 2. The van der Waals surface area contributed by atoms with Crippen molar-refractivity contribution < 1.29 is 23.5 Å². The number of esters is 2. The molecule has 30 heavy (non-hydrogen) atoms. The molecule has 0 radical (unpaired) electrons. The second-order valence-corrected chi connectivity index (χ2v) is 6.70. The van der Waals surface area contributed by atoms with E-state index in [-0.39, 0.29) is 41.3 Å². The number of rotatable bonds is 6. The van der Waals surface area contributed by atoms with Crippen molar-refractivity contribution in [2.24, 2.45) is 0 Å². The van der Waals surface area contributed by atoms with E-state index in [0.29, 0.717) is 0 Å². The molecule has 2 aromatic rings. The third kappa shape index (κ3) is 3.50. The van der Waals surface area contributed by atoms with Crippen molar-refractivity contribution in [2.45, 2.75) is 38.6 Å². The molecule has 0 saturated heterocycles. The van der Waals surface area contributed by atoms with Crippen molar-refractivity contribution in [3.05, 3.63) is 45.0 Å². The number of halogens is 1. The molecule has 0 aliphatic heterocycles. The van der Waals surface area contributed by atoms with E-state index in [4.69, 9.17) is 9.47 Å². The third-order valence-corrected chi connectivity index (χ3v) is 4.79. The molecule has 1 aliphatic carbocycles. The van der Waals surface area contributed by atoms with Crippen LogP contribution in [0.5, 0.6) is 0 Å². The number of carbonyl (C=O) groups is 2. The Balaban J connectivity index is 2.39. The molecule has 154 valence electrons. The predicted octanol–water partition coefficient (Wildman–Crippen LogP) is 2.69. The first-order chi connectivity index (χ1) is 14.4. The Morgan fingerprint density at radius 1 is 1.27 bits per heavy atom. The summed E-state index contributed by atoms with van der Waals surface area (Å²) in [5.41, 5.74) is -1.71. The molecule has 1 fully saturated rings. The number of benzene rings is 1. The van der Waals surface area contributed by atoms with Crippen LogP contribution in [0.15, 0.2) is 17.1 Å². The van der Waals surface area contributed by atoms with Gasteiger partial charge < -0.3 is 14.0 Å². The van der Waals surface area contributed by atoms with E-state index < -0.39 is 34.7 Å². The van der Waals surface area contributed by atoms with Gasteiger partial charge in [-0.1, -0.05) is 0 Å². The molecule has 0 bridgehead atoms. The van der Waals surface area contributed by atoms with Crippen LogP contribution in [0.4, 0.5) is 4.39 Å². The Bertz CT molecular complexity index is 1180. The number of hydrogen-bond donors (Lipinski definition) is 0. The SMILES string of the molecule is CCOC(=O)c1cn(C2CC2)c2c(C#N)c(C(C#N)C(=O)OCC)c(F)cc2c1=O. The number of aromatic nitrogens is 1. The molecule has 0 N–H and O–H groups in total. The van der Waals surface area contributed by atoms with Crippen LogP contribution in [-0.4, -0.2) is 29.7 Å². The molecular weight excluding hydrogens is 393 g/mol. The standard InChI is InChI=1S/C21H18FN3O5/c1-3-29-20(27)14(9-24)17-13(8-23)18-12(7-16(17)22)19(26)15(21(28)30-4-2)10-25(18)11-5-6-11/h7,10-11,14H,3-6H2,1-2H3. The quantitative estimate of drug-likeness (QED) is 0.670. The van der Waals surface area contributed by atoms with Crippen LogP contribution >= 0.6 is 0 Å². The molecule has 1 saturated carbocycles. The summed E-state index contributed by atoms with van der Waals surface area (Å²) < 4.78 is 26.4. The van der Waals surface area contributed by atoms with Crippen LogP contribution in [0.3, 0.4) is 0 Å². The van der Waals surface area contributed by atoms with E-state index in [0.717, 1.165) is 18.9 Å². The summed E-state index contributed by atoms with van der Waals surface area (Å²) in [5.74, 6) is -4.57. The van der Waals surface area contributed by atoms with Crippen molar-refractivity contribution in [3.8, 4) is 12.1 Å². The van der Waals surface area contributed by atoms with Gasteiger partial charge >= 0.3 is 11.9 Å². The zero-order valence-corrected chi connectivity index (χ0v) is 16.4. The van der Waals surface area contributed by atoms with E-state index in [1.54, 1.807) is 17.6 Å². The van der Waals surface area contributed by atoms with Gasteiger partial charge in [0.1, 0.15) is 17.4 Å². The zero-order chi connectivity index (χ0) is 22.0. The number of nitrogens with zero attached hydrogens (tertiary/aromatic N) is 3.